The normalized spacial score (nSPS) is 12.8. The quantitative estimate of drug-likeness (QED) is 0.785. The predicted octanol–water partition coefficient (Wildman–Crippen LogP) is 2.12. The van der Waals surface area contributed by atoms with Crippen LogP contribution in [0, 0.1) is 0 Å². The Hall–Kier alpha value is -1.06. The van der Waals surface area contributed by atoms with Crippen molar-refractivity contribution < 1.29 is 4.74 Å². The van der Waals surface area contributed by atoms with Crippen LogP contribution < -0.4 is 10.1 Å². The molecule has 1 unspecified atom stereocenters. The summed E-state index contributed by atoms with van der Waals surface area (Å²) in [5.74, 6) is 0.942. The molecule has 17 heavy (non-hydrogen) atoms. The first kappa shape index (κ1) is 14.0. The zero-order valence-electron chi connectivity index (χ0n) is 11.4. The molecule has 0 fully saturated rings. The fourth-order valence-electron chi connectivity index (χ4n) is 1.77. The second-order valence-electron chi connectivity index (χ2n) is 4.62. The topological polar surface area (TPSA) is 24.5 Å². The predicted molar refractivity (Wildman–Crippen MR) is 72.5 cm³/mol. The molecule has 0 aromatic heterocycles. The lowest BCUT2D eigenvalue weighted by Crippen LogP contribution is -2.35. The van der Waals surface area contributed by atoms with E-state index in [1.165, 1.54) is 5.56 Å². The number of rotatable bonds is 7. The van der Waals surface area contributed by atoms with Crippen LogP contribution in [0.2, 0.25) is 0 Å². The minimum Gasteiger partial charge on any atom is -0.494 e. The molecular weight excluding hydrogens is 212 g/mol. The maximum absolute atomic E-state index is 5.41. The molecule has 1 N–H and O–H groups in total. The van der Waals surface area contributed by atoms with E-state index in [-0.39, 0.29) is 0 Å². The van der Waals surface area contributed by atoms with E-state index in [0.717, 1.165) is 25.4 Å². The van der Waals surface area contributed by atoms with Crippen LogP contribution in [0.25, 0.3) is 0 Å². The highest BCUT2D eigenvalue weighted by atomic mass is 16.5. The fraction of sp³-hybridized carbons (Fsp3) is 0.571. The third kappa shape index (κ3) is 5.71. The Labute approximate surface area is 105 Å². The van der Waals surface area contributed by atoms with E-state index >= 15 is 0 Å². The van der Waals surface area contributed by atoms with Gasteiger partial charge in [0.2, 0.25) is 0 Å². The maximum atomic E-state index is 5.41. The largest absolute Gasteiger partial charge is 0.494 e. The average molecular weight is 236 g/mol. The van der Waals surface area contributed by atoms with Crippen LogP contribution in [-0.4, -0.2) is 38.2 Å². The van der Waals surface area contributed by atoms with Crippen LogP contribution >= 0.6 is 0 Å². The standard InChI is InChI=1S/C14H24N2O/c1-5-17-14-8-6-13(7-9-14)10-15-12(2)11-16(3)4/h6-9,12,15H,5,10-11H2,1-4H3. The van der Waals surface area contributed by atoms with Gasteiger partial charge in [-0.1, -0.05) is 12.1 Å². The molecule has 0 saturated carbocycles. The zero-order chi connectivity index (χ0) is 12.7. The smallest absolute Gasteiger partial charge is 0.119 e. The second-order valence-corrected chi connectivity index (χ2v) is 4.62. The van der Waals surface area contributed by atoms with Gasteiger partial charge < -0.3 is 15.0 Å². The number of benzene rings is 1. The minimum absolute atomic E-state index is 0.497. The van der Waals surface area contributed by atoms with Crippen molar-refractivity contribution in [2.75, 3.05) is 27.2 Å². The molecule has 0 amide bonds. The number of ether oxygens (including phenoxy) is 1. The fourth-order valence-corrected chi connectivity index (χ4v) is 1.77. The molecule has 0 aliphatic heterocycles. The molecule has 3 heteroatoms. The summed E-state index contributed by atoms with van der Waals surface area (Å²) in [6, 6.07) is 8.77. The number of nitrogens with one attached hydrogen (secondary N) is 1. The lowest BCUT2D eigenvalue weighted by molar-refractivity contribution is 0.339. The van der Waals surface area contributed by atoms with Gasteiger partial charge in [-0.2, -0.15) is 0 Å². The highest BCUT2D eigenvalue weighted by Crippen LogP contribution is 2.11. The van der Waals surface area contributed by atoms with E-state index in [9.17, 15) is 0 Å². The van der Waals surface area contributed by atoms with Crippen molar-refractivity contribution in [2.45, 2.75) is 26.4 Å². The minimum atomic E-state index is 0.497. The number of nitrogens with zero attached hydrogens (tertiary/aromatic N) is 1. The summed E-state index contributed by atoms with van der Waals surface area (Å²) in [6.45, 7) is 6.88. The van der Waals surface area contributed by atoms with E-state index in [0.29, 0.717) is 6.04 Å². The Bertz CT molecular complexity index is 309. The Morgan fingerprint density at radius 2 is 1.88 bits per heavy atom. The Morgan fingerprint density at radius 3 is 2.41 bits per heavy atom. The van der Waals surface area contributed by atoms with Crippen LogP contribution in [0.4, 0.5) is 0 Å². The van der Waals surface area contributed by atoms with Crippen molar-refractivity contribution in [3.63, 3.8) is 0 Å². The van der Waals surface area contributed by atoms with Crippen LogP contribution in [-0.2, 0) is 6.54 Å². The summed E-state index contributed by atoms with van der Waals surface area (Å²) >= 11 is 0. The molecule has 1 aromatic carbocycles. The second kappa shape index (κ2) is 7.30. The third-order valence-corrected chi connectivity index (χ3v) is 2.53. The van der Waals surface area contributed by atoms with Crippen LogP contribution in [0.3, 0.4) is 0 Å². The monoisotopic (exact) mass is 236 g/mol. The molecule has 0 aliphatic carbocycles. The van der Waals surface area contributed by atoms with Gasteiger partial charge in [-0.25, -0.2) is 0 Å². The van der Waals surface area contributed by atoms with Crippen molar-refractivity contribution in [3.05, 3.63) is 29.8 Å². The number of likely N-dealkylation sites (N-methyl/N-ethyl adjacent to an activating group) is 1. The van der Waals surface area contributed by atoms with E-state index < -0.39 is 0 Å². The highest BCUT2D eigenvalue weighted by molar-refractivity contribution is 5.27. The summed E-state index contributed by atoms with van der Waals surface area (Å²) in [5.41, 5.74) is 1.29. The summed E-state index contributed by atoms with van der Waals surface area (Å²) in [7, 11) is 4.18. The Balaban J connectivity index is 2.36. The molecule has 1 rings (SSSR count). The SMILES string of the molecule is CCOc1ccc(CNC(C)CN(C)C)cc1. The van der Waals surface area contributed by atoms with Gasteiger partial charge >= 0.3 is 0 Å². The van der Waals surface area contributed by atoms with Crippen molar-refractivity contribution in [1.82, 2.24) is 10.2 Å². The molecule has 0 radical (unpaired) electrons. The molecule has 0 bridgehead atoms. The summed E-state index contributed by atoms with van der Waals surface area (Å²) in [4.78, 5) is 2.19. The van der Waals surface area contributed by atoms with Gasteiger partial charge in [0.1, 0.15) is 5.75 Å². The summed E-state index contributed by atoms with van der Waals surface area (Å²) in [5, 5.41) is 3.50. The summed E-state index contributed by atoms with van der Waals surface area (Å²) in [6.07, 6.45) is 0. The molecular formula is C14H24N2O. The van der Waals surface area contributed by atoms with Crippen molar-refractivity contribution in [2.24, 2.45) is 0 Å². The van der Waals surface area contributed by atoms with E-state index in [1.807, 2.05) is 19.1 Å². The van der Waals surface area contributed by atoms with Crippen molar-refractivity contribution in [1.29, 1.82) is 0 Å². The zero-order valence-corrected chi connectivity index (χ0v) is 11.4. The first-order valence-electron chi connectivity index (χ1n) is 6.21. The third-order valence-electron chi connectivity index (χ3n) is 2.53. The number of hydrogen-bond acceptors (Lipinski definition) is 3. The number of hydrogen-bond donors (Lipinski definition) is 1. The molecule has 1 atom stereocenters. The first-order valence-corrected chi connectivity index (χ1v) is 6.21. The van der Waals surface area contributed by atoms with Gasteiger partial charge in [-0.3, -0.25) is 0 Å². The molecule has 0 saturated heterocycles. The molecule has 0 heterocycles. The van der Waals surface area contributed by atoms with Crippen LogP contribution in [0.1, 0.15) is 19.4 Å². The maximum Gasteiger partial charge on any atom is 0.119 e. The average Bonchev–Trinajstić information content (AvgIpc) is 2.28. The van der Waals surface area contributed by atoms with Crippen molar-refractivity contribution >= 4 is 0 Å². The van der Waals surface area contributed by atoms with Crippen LogP contribution in [0.5, 0.6) is 5.75 Å². The van der Waals surface area contributed by atoms with E-state index in [4.69, 9.17) is 4.74 Å². The van der Waals surface area contributed by atoms with Crippen molar-refractivity contribution in [3.8, 4) is 5.75 Å². The van der Waals surface area contributed by atoms with Gasteiger partial charge in [0.25, 0.3) is 0 Å². The van der Waals surface area contributed by atoms with Gasteiger partial charge in [0.15, 0.2) is 0 Å². The van der Waals surface area contributed by atoms with Gasteiger partial charge in [0, 0.05) is 19.1 Å². The van der Waals surface area contributed by atoms with Gasteiger partial charge in [0.05, 0.1) is 6.61 Å². The summed E-state index contributed by atoms with van der Waals surface area (Å²) < 4.78 is 5.41. The highest BCUT2D eigenvalue weighted by Gasteiger charge is 2.02. The van der Waals surface area contributed by atoms with E-state index in [2.05, 4.69) is 43.4 Å². The first-order chi connectivity index (χ1) is 8.11. The lowest BCUT2D eigenvalue weighted by Gasteiger charge is -2.18. The van der Waals surface area contributed by atoms with Gasteiger partial charge in [-0.15, -0.1) is 0 Å². The Kier molecular flexibility index (Phi) is 6.01. The van der Waals surface area contributed by atoms with Crippen LogP contribution in [0.15, 0.2) is 24.3 Å². The lowest BCUT2D eigenvalue weighted by atomic mass is 10.2. The molecule has 0 spiro atoms. The Morgan fingerprint density at radius 1 is 1.24 bits per heavy atom. The molecule has 0 aliphatic rings. The molecule has 96 valence electrons. The van der Waals surface area contributed by atoms with Gasteiger partial charge in [-0.05, 0) is 45.6 Å². The molecule has 1 aromatic rings. The van der Waals surface area contributed by atoms with E-state index in [1.54, 1.807) is 0 Å². The molecule has 3 nitrogen and oxygen atoms in total.